The molecule has 0 spiro atoms. The second-order valence-corrected chi connectivity index (χ2v) is 6.80. The van der Waals surface area contributed by atoms with Crippen LogP contribution in [0.2, 0.25) is 0 Å². The predicted molar refractivity (Wildman–Crippen MR) is 84.0 cm³/mol. The molecule has 1 atom stereocenters. The van der Waals surface area contributed by atoms with Crippen LogP contribution in [0.4, 0.5) is 0 Å². The summed E-state index contributed by atoms with van der Waals surface area (Å²) in [6.07, 6.45) is 3.89. The van der Waals surface area contributed by atoms with Crippen LogP contribution in [0.25, 0.3) is 0 Å². The molecule has 2 aromatic rings. The molecule has 2 aromatic heterocycles. The van der Waals surface area contributed by atoms with E-state index in [-0.39, 0.29) is 6.54 Å². The number of hydrogen-bond donors (Lipinski definition) is 1. The van der Waals surface area contributed by atoms with Crippen molar-refractivity contribution in [1.82, 2.24) is 19.7 Å². The zero-order valence-electron chi connectivity index (χ0n) is 12.6. The Morgan fingerprint density at radius 1 is 1.55 bits per heavy atom. The molecule has 1 fully saturated rings. The highest BCUT2D eigenvalue weighted by atomic mass is 32.1. The third-order valence-corrected chi connectivity index (χ3v) is 4.83. The van der Waals surface area contributed by atoms with Crippen molar-refractivity contribution in [3.8, 4) is 0 Å². The van der Waals surface area contributed by atoms with E-state index >= 15 is 0 Å². The summed E-state index contributed by atoms with van der Waals surface area (Å²) >= 11 is 1.68. The van der Waals surface area contributed by atoms with Crippen LogP contribution in [0.15, 0.2) is 17.6 Å². The SMILES string of the molecule is Cc1nc(CN2CCC[C@H](c3ccnn3CC(=O)O)C2)cs1. The van der Waals surface area contributed by atoms with E-state index in [9.17, 15) is 4.79 Å². The smallest absolute Gasteiger partial charge is 0.325 e. The number of nitrogens with zero attached hydrogens (tertiary/aromatic N) is 4. The Hall–Kier alpha value is -1.73. The maximum atomic E-state index is 10.9. The Bertz CT molecular complexity index is 652. The van der Waals surface area contributed by atoms with Gasteiger partial charge in [-0.3, -0.25) is 14.4 Å². The molecule has 0 aliphatic carbocycles. The Kier molecular flexibility index (Phi) is 4.54. The number of aryl methyl sites for hydroxylation is 1. The van der Waals surface area contributed by atoms with Gasteiger partial charge in [-0.2, -0.15) is 5.10 Å². The number of carboxylic acid groups (broad SMARTS) is 1. The molecule has 22 heavy (non-hydrogen) atoms. The van der Waals surface area contributed by atoms with Gasteiger partial charge in [-0.25, -0.2) is 4.98 Å². The summed E-state index contributed by atoms with van der Waals surface area (Å²) in [5.41, 5.74) is 2.16. The van der Waals surface area contributed by atoms with Gasteiger partial charge in [0, 0.05) is 36.3 Å². The zero-order valence-corrected chi connectivity index (χ0v) is 13.4. The lowest BCUT2D eigenvalue weighted by atomic mass is 9.94. The highest BCUT2D eigenvalue weighted by molar-refractivity contribution is 7.09. The largest absolute Gasteiger partial charge is 0.480 e. The maximum Gasteiger partial charge on any atom is 0.325 e. The van der Waals surface area contributed by atoms with Crippen molar-refractivity contribution in [2.45, 2.75) is 38.8 Å². The van der Waals surface area contributed by atoms with E-state index in [0.717, 1.165) is 48.9 Å². The molecule has 1 saturated heterocycles. The molecule has 0 saturated carbocycles. The van der Waals surface area contributed by atoms with E-state index < -0.39 is 5.97 Å². The van der Waals surface area contributed by atoms with E-state index in [2.05, 4.69) is 20.4 Å². The minimum absolute atomic E-state index is 0.0654. The Labute approximate surface area is 133 Å². The molecule has 0 aromatic carbocycles. The number of aromatic nitrogens is 3. The van der Waals surface area contributed by atoms with Gasteiger partial charge in [0.1, 0.15) is 6.54 Å². The lowest BCUT2D eigenvalue weighted by molar-refractivity contribution is -0.137. The van der Waals surface area contributed by atoms with Gasteiger partial charge in [-0.1, -0.05) is 0 Å². The molecule has 6 nitrogen and oxygen atoms in total. The quantitative estimate of drug-likeness (QED) is 0.913. The monoisotopic (exact) mass is 320 g/mol. The van der Waals surface area contributed by atoms with Crippen LogP contribution >= 0.6 is 11.3 Å². The van der Waals surface area contributed by atoms with Gasteiger partial charge in [-0.15, -0.1) is 11.3 Å². The van der Waals surface area contributed by atoms with Crippen LogP contribution in [0.5, 0.6) is 0 Å². The van der Waals surface area contributed by atoms with Crippen LogP contribution in [-0.4, -0.2) is 43.8 Å². The van der Waals surface area contributed by atoms with Gasteiger partial charge in [0.05, 0.1) is 10.7 Å². The number of thiazole rings is 1. The normalized spacial score (nSPS) is 19.4. The van der Waals surface area contributed by atoms with Crippen molar-refractivity contribution < 1.29 is 9.90 Å². The number of rotatable bonds is 5. The van der Waals surface area contributed by atoms with Gasteiger partial charge in [0.25, 0.3) is 0 Å². The van der Waals surface area contributed by atoms with Crippen LogP contribution < -0.4 is 0 Å². The van der Waals surface area contributed by atoms with Gasteiger partial charge >= 0.3 is 5.97 Å². The molecule has 7 heteroatoms. The van der Waals surface area contributed by atoms with E-state index in [1.54, 1.807) is 22.2 Å². The van der Waals surface area contributed by atoms with Crippen LogP contribution in [0.3, 0.4) is 0 Å². The molecule has 1 aliphatic rings. The fourth-order valence-electron chi connectivity index (χ4n) is 3.10. The summed E-state index contributed by atoms with van der Waals surface area (Å²) in [4.78, 5) is 17.9. The van der Waals surface area contributed by atoms with E-state index in [1.165, 1.54) is 0 Å². The Morgan fingerprint density at radius 3 is 3.14 bits per heavy atom. The topological polar surface area (TPSA) is 71.2 Å². The number of piperidine rings is 1. The molecule has 0 radical (unpaired) electrons. The average molecular weight is 320 g/mol. The summed E-state index contributed by atoms with van der Waals surface area (Å²) in [5.74, 6) is -0.508. The summed E-state index contributed by atoms with van der Waals surface area (Å²) in [6, 6.07) is 1.95. The van der Waals surface area contributed by atoms with Crippen LogP contribution in [0.1, 0.15) is 35.2 Å². The van der Waals surface area contributed by atoms with Crippen molar-refractivity contribution in [2.75, 3.05) is 13.1 Å². The zero-order chi connectivity index (χ0) is 15.5. The number of aliphatic carboxylic acids is 1. The fourth-order valence-corrected chi connectivity index (χ4v) is 3.70. The van der Waals surface area contributed by atoms with E-state index in [0.29, 0.717) is 5.92 Å². The molecule has 0 unspecified atom stereocenters. The van der Waals surface area contributed by atoms with Gasteiger partial charge in [0.2, 0.25) is 0 Å². The van der Waals surface area contributed by atoms with E-state index in [4.69, 9.17) is 5.11 Å². The summed E-state index contributed by atoms with van der Waals surface area (Å²) in [5, 5.41) is 16.3. The first-order chi connectivity index (χ1) is 10.6. The third kappa shape index (κ3) is 3.53. The van der Waals surface area contributed by atoms with Crippen molar-refractivity contribution in [3.05, 3.63) is 34.0 Å². The molecular formula is C15H20N4O2S. The fraction of sp³-hybridized carbons (Fsp3) is 0.533. The molecule has 3 rings (SSSR count). The molecular weight excluding hydrogens is 300 g/mol. The number of likely N-dealkylation sites (tertiary alicyclic amines) is 1. The number of hydrogen-bond acceptors (Lipinski definition) is 5. The summed E-state index contributed by atoms with van der Waals surface area (Å²) in [7, 11) is 0. The third-order valence-electron chi connectivity index (χ3n) is 4.01. The first-order valence-electron chi connectivity index (χ1n) is 7.48. The maximum absolute atomic E-state index is 10.9. The van der Waals surface area contributed by atoms with E-state index in [1.807, 2.05) is 13.0 Å². The minimum atomic E-state index is -0.851. The molecule has 0 amide bonds. The highest BCUT2D eigenvalue weighted by Gasteiger charge is 2.24. The second-order valence-electron chi connectivity index (χ2n) is 5.74. The van der Waals surface area contributed by atoms with Crippen molar-refractivity contribution in [3.63, 3.8) is 0 Å². The van der Waals surface area contributed by atoms with Crippen molar-refractivity contribution in [1.29, 1.82) is 0 Å². The standard InChI is InChI=1S/C15H20N4O2S/c1-11-17-13(10-22-11)8-18-6-2-3-12(7-18)14-4-5-16-19(14)9-15(20)21/h4-5,10,12H,2-3,6-9H2,1H3,(H,20,21)/t12-/m0/s1. The highest BCUT2D eigenvalue weighted by Crippen LogP contribution is 2.27. The Morgan fingerprint density at radius 2 is 2.41 bits per heavy atom. The van der Waals surface area contributed by atoms with Crippen molar-refractivity contribution in [2.24, 2.45) is 0 Å². The average Bonchev–Trinajstić information content (AvgIpc) is 3.08. The van der Waals surface area contributed by atoms with Crippen LogP contribution in [-0.2, 0) is 17.9 Å². The summed E-state index contributed by atoms with van der Waals surface area (Å²) in [6.45, 7) is 4.83. The molecule has 3 heterocycles. The number of carboxylic acids is 1. The van der Waals surface area contributed by atoms with Gasteiger partial charge in [-0.05, 0) is 32.4 Å². The summed E-state index contributed by atoms with van der Waals surface area (Å²) < 4.78 is 1.61. The first-order valence-corrected chi connectivity index (χ1v) is 8.36. The molecule has 1 N–H and O–H groups in total. The Balaban J connectivity index is 1.68. The lowest BCUT2D eigenvalue weighted by Crippen LogP contribution is -2.35. The van der Waals surface area contributed by atoms with Gasteiger partial charge in [0.15, 0.2) is 0 Å². The second kappa shape index (κ2) is 6.58. The molecule has 1 aliphatic heterocycles. The van der Waals surface area contributed by atoms with Crippen LogP contribution in [0, 0.1) is 6.92 Å². The van der Waals surface area contributed by atoms with Crippen molar-refractivity contribution >= 4 is 17.3 Å². The number of carbonyl (C=O) groups is 1. The minimum Gasteiger partial charge on any atom is -0.480 e. The molecule has 118 valence electrons. The molecule has 0 bridgehead atoms. The lowest BCUT2D eigenvalue weighted by Gasteiger charge is -2.32. The van der Waals surface area contributed by atoms with Gasteiger partial charge < -0.3 is 5.11 Å². The predicted octanol–water partition coefficient (Wildman–Crippen LogP) is 2.11. The first kappa shape index (κ1) is 15.2.